The third-order valence-corrected chi connectivity index (χ3v) is 15.0. The first-order valence-corrected chi connectivity index (χ1v) is 21.9. The first kappa shape index (κ1) is 38.1. The predicted octanol–water partition coefficient (Wildman–Crippen LogP) is 9.83. The third kappa shape index (κ3) is 8.70. The van der Waals surface area contributed by atoms with Crippen LogP contribution in [-0.2, 0) is 9.53 Å². The topological polar surface area (TPSA) is 44.8 Å². The maximum absolute atomic E-state index is 12.9. The maximum Gasteiger partial charge on any atom is 0.344 e. The van der Waals surface area contributed by atoms with E-state index in [2.05, 4.69) is 109 Å². The van der Waals surface area contributed by atoms with Crippen molar-refractivity contribution in [1.82, 2.24) is 0 Å². The van der Waals surface area contributed by atoms with E-state index in [0.717, 1.165) is 58.0 Å². The Morgan fingerprint density at radius 2 is 0.981 bits per heavy atom. The molecule has 0 radical (unpaired) electrons. The van der Waals surface area contributed by atoms with E-state index >= 15 is 0 Å². The lowest BCUT2D eigenvalue weighted by molar-refractivity contribution is -0.145. The van der Waals surface area contributed by atoms with Gasteiger partial charge in [0.25, 0.3) is 0 Å². The lowest BCUT2D eigenvalue weighted by Crippen LogP contribution is -2.28. The fourth-order valence-corrected chi connectivity index (χ4v) is 12.4. The van der Waals surface area contributed by atoms with Gasteiger partial charge in [0.05, 0.1) is 22.8 Å². The molecule has 6 aromatic rings. The van der Waals surface area contributed by atoms with Crippen LogP contribution in [0.1, 0.15) is 39.0 Å². The quantitative estimate of drug-likeness (QED) is 0.0864. The molecule has 0 unspecified atom stereocenters. The van der Waals surface area contributed by atoms with Gasteiger partial charge < -0.3 is 14.2 Å². The van der Waals surface area contributed by atoms with Crippen molar-refractivity contribution in [1.29, 1.82) is 0 Å². The summed E-state index contributed by atoms with van der Waals surface area (Å²) >= 11 is 14.6. The van der Waals surface area contributed by atoms with E-state index in [4.69, 9.17) is 37.4 Å². The number of halogens is 2. The minimum absolute atomic E-state index is 0.00113. The lowest BCUT2D eigenvalue weighted by Gasteiger charge is -2.31. The number of carbonyl (C=O) groups is 1. The second kappa shape index (κ2) is 18.4. The minimum atomic E-state index is -1.18. The van der Waals surface area contributed by atoms with Crippen molar-refractivity contribution in [2.45, 2.75) is 45.1 Å². The summed E-state index contributed by atoms with van der Waals surface area (Å²) < 4.78 is 19.0. The molecule has 54 heavy (non-hydrogen) atoms. The van der Waals surface area contributed by atoms with E-state index < -0.39 is 21.8 Å². The lowest BCUT2D eigenvalue weighted by atomic mass is 9.97. The van der Waals surface area contributed by atoms with Crippen molar-refractivity contribution in [3.8, 4) is 22.6 Å². The van der Waals surface area contributed by atoms with Crippen molar-refractivity contribution in [2.75, 3.05) is 13.2 Å². The molecule has 1 saturated carbocycles. The normalized spacial score (nSPS) is 13.2. The molecule has 8 heteroatoms. The van der Waals surface area contributed by atoms with Gasteiger partial charge in [-0.2, -0.15) is 0 Å². The standard InChI is InChI=1S/C46H42Cl2O4P2/c1-2-50-42(49)32-51-45-38(47)28-30-40(53(34-20-10-4-11-21-34)35-22-12-5-13-23-35)43(45)44-41(31-29-39(48)46(44)52-33-18-8-3-9-19-33)54(36-24-14-6-15-25-36)37-26-16-7-17-27-37/h4-7,10-17,20-31,33H,2-3,8-9,18-19,32H2,1H3. The molecular formula is C46H42Cl2O4P2. The summed E-state index contributed by atoms with van der Waals surface area (Å²) in [7, 11) is -2.33. The molecule has 0 heterocycles. The first-order chi connectivity index (χ1) is 26.5. The Balaban J connectivity index is 1.59. The van der Waals surface area contributed by atoms with Crippen molar-refractivity contribution in [3.63, 3.8) is 0 Å². The number of rotatable bonds is 13. The summed E-state index contributed by atoms with van der Waals surface area (Å²) in [4.78, 5) is 12.9. The molecule has 4 nitrogen and oxygen atoms in total. The van der Waals surface area contributed by atoms with Gasteiger partial charge in [-0.25, -0.2) is 4.79 Å². The number of benzene rings is 6. The van der Waals surface area contributed by atoms with Crippen LogP contribution >= 0.6 is 39.0 Å². The number of esters is 1. The predicted molar refractivity (Wildman–Crippen MR) is 229 cm³/mol. The van der Waals surface area contributed by atoms with Gasteiger partial charge in [0.2, 0.25) is 0 Å². The zero-order chi connectivity index (χ0) is 37.3. The largest absolute Gasteiger partial charge is 0.488 e. The fourth-order valence-electron chi connectivity index (χ4n) is 7.05. The minimum Gasteiger partial charge on any atom is -0.488 e. The van der Waals surface area contributed by atoms with Crippen molar-refractivity contribution in [2.24, 2.45) is 0 Å². The fraction of sp³-hybridized carbons (Fsp3) is 0.196. The van der Waals surface area contributed by atoms with Crippen molar-refractivity contribution >= 4 is 76.8 Å². The SMILES string of the molecule is CCOC(=O)COc1c(Cl)ccc(P(c2ccccc2)c2ccccc2)c1-c1c(P(c2ccccc2)c2ccccc2)ccc(Cl)c1OC1CCCCC1. The molecule has 0 aromatic heterocycles. The molecule has 0 aliphatic heterocycles. The Morgan fingerprint density at radius 3 is 1.41 bits per heavy atom. The van der Waals surface area contributed by atoms with Crippen LogP contribution < -0.4 is 41.3 Å². The van der Waals surface area contributed by atoms with Gasteiger partial charge in [-0.3, -0.25) is 0 Å². The molecule has 0 bridgehead atoms. The average molecular weight is 792 g/mol. The van der Waals surface area contributed by atoms with Crippen LogP contribution in [0.3, 0.4) is 0 Å². The van der Waals surface area contributed by atoms with Crippen LogP contribution in [0.2, 0.25) is 10.0 Å². The van der Waals surface area contributed by atoms with Crippen LogP contribution in [0.15, 0.2) is 146 Å². The molecule has 0 atom stereocenters. The first-order valence-electron chi connectivity index (χ1n) is 18.4. The highest BCUT2D eigenvalue weighted by molar-refractivity contribution is 7.80. The van der Waals surface area contributed by atoms with Crippen LogP contribution in [-0.4, -0.2) is 25.3 Å². The Hall–Kier alpha value is -4.17. The van der Waals surface area contributed by atoms with Crippen LogP contribution in [0.4, 0.5) is 0 Å². The van der Waals surface area contributed by atoms with E-state index in [1.807, 2.05) is 36.4 Å². The van der Waals surface area contributed by atoms with Gasteiger partial charge in [0, 0.05) is 11.1 Å². The molecule has 274 valence electrons. The zero-order valence-electron chi connectivity index (χ0n) is 30.2. The van der Waals surface area contributed by atoms with Crippen LogP contribution in [0.5, 0.6) is 11.5 Å². The van der Waals surface area contributed by atoms with E-state index in [9.17, 15) is 4.79 Å². The summed E-state index contributed by atoms with van der Waals surface area (Å²) in [6.45, 7) is 1.72. The Morgan fingerprint density at radius 1 is 0.574 bits per heavy atom. The van der Waals surface area contributed by atoms with Gasteiger partial charge in [-0.15, -0.1) is 0 Å². The highest BCUT2D eigenvalue weighted by Crippen LogP contribution is 2.51. The molecule has 0 spiro atoms. The number of hydrogen-bond acceptors (Lipinski definition) is 4. The highest BCUT2D eigenvalue weighted by Gasteiger charge is 2.33. The molecular weight excluding hydrogens is 749 g/mol. The smallest absolute Gasteiger partial charge is 0.344 e. The summed E-state index contributed by atoms with van der Waals surface area (Å²) in [5.74, 6) is 0.537. The average Bonchev–Trinajstić information content (AvgIpc) is 3.21. The van der Waals surface area contributed by atoms with Crippen molar-refractivity contribution < 1.29 is 19.0 Å². The summed E-state index contributed by atoms with van der Waals surface area (Å²) in [5, 5.41) is 7.63. The number of carbonyl (C=O) groups excluding carboxylic acids is 1. The molecule has 0 N–H and O–H groups in total. The second-order valence-electron chi connectivity index (χ2n) is 13.0. The zero-order valence-corrected chi connectivity index (χ0v) is 33.5. The molecule has 6 aromatic carbocycles. The third-order valence-electron chi connectivity index (χ3n) is 9.44. The Kier molecular flexibility index (Phi) is 13.0. The van der Waals surface area contributed by atoms with Crippen molar-refractivity contribution in [3.05, 3.63) is 156 Å². The van der Waals surface area contributed by atoms with E-state index in [1.165, 1.54) is 17.0 Å². The molecule has 0 saturated heterocycles. The Bertz CT molecular complexity index is 2070. The van der Waals surface area contributed by atoms with Gasteiger partial charge in [-0.05, 0) is 92.4 Å². The van der Waals surface area contributed by atoms with Gasteiger partial charge in [0.1, 0.15) is 11.5 Å². The van der Waals surface area contributed by atoms with Gasteiger partial charge >= 0.3 is 5.97 Å². The van der Waals surface area contributed by atoms with E-state index in [1.54, 1.807) is 6.92 Å². The summed E-state index contributed by atoms with van der Waals surface area (Å²) in [6.07, 6.45) is 5.28. The molecule has 0 amide bonds. The Labute approximate surface area is 330 Å². The maximum atomic E-state index is 12.9. The number of hydrogen-bond donors (Lipinski definition) is 0. The van der Waals surface area contributed by atoms with E-state index in [-0.39, 0.29) is 19.3 Å². The van der Waals surface area contributed by atoms with Gasteiger partial charge in [-0.1, -0.05) is 163 Å². The summed E-state index contributed by atoms with van der Waals surface area (Å²) in [6, 6.07) is 50.4. The highest BCUT2D eigenvalue weighted by atomic mass is 35.5. The van der Waals surface area contributed by atoms with Gasteiger partial charge in [0.15, 0.2) is 6.61 Å². The molecule has 1 fully saturated rings. The van der Waals surface area contributed by atoms with Crippen LogP contribution in [0, 0.1) is 0 Å². The molecule has 1 aliphatic rings. The van der Waals surface area contributed by atoms with Crippen LogP contribution in [0.25, 0.3) is 11.1 Å². The summed E-state index contributed by atoms with van der Waals surface area (Å²) in [5.41, 5.74) is 1.61. The van der Waals surface area contributed by atoms with E-state index in [0.29, 0.717) is 21.5 Å². The molecule has 1 aliphatic carbocycles. The monoisotopic (exact) mass is 790 g/mol. The number of ether oxygens (including phenoxy) is 3. The molecule has 7 rings (SSSR count). The second-order valence-corrected chi connectivity index (χ2v) is 18.2.